The lowest BCUT2D eigenvalue weighted by Gasteiger charge is -2.39. The molecule has 0 amide bonds. The van der Waals surface area contributed by atoms with Crippen molar-refractivity contribution in [3.8, 4) is 0 Å². The van der Waals surface area contributed by atoms with Gasteiger partial charge in [-0.15, -0.1) is 0 Å². The third kappa shape index (κ3) is 9.34. The monoisotopic (exact) mass is 391 g/mol. The summed E-state index contributed by atoms with van der Waals surface area (Å²) in [5.74, 6) is 0. The number of ether oxygens (including phenoxy) is 2. The van der Waals surface area contributed by atoms with Crippen molar-refractivity contribution < 1.29 is 35.0 Å². The van der Waals surface area contributed by atoms with Crippen molar-refractivity contribution in [3.63, 3.8) is 0 Å². The molecule has 0 aromatic rings. The molecule has 0 bridgehead atoms. The first kappa shape index (κ1) is 24.3. The minimum absolute atomic E-state index is 0.124. The Morgan fingerprint density at radius 2 is 1.74 bits per heavy atom. The van der Waals surface area contributed by atoms with E-state index in [4.69, 9.17) is 14.6 Å². The number of aliphatic hydroxyl groups is 5. The number of unbranched alkanes of at least 4 members (excludes halogenated alkanes) is 6. The largest absolute Gasteiger partial charge is 0.394 e. The maximum absolute atomic E-state index is 9.91. The van der Waals surface area contributed by atoms with Gasteiger partial charge in [-0.25, -0.2) is 0 Å². The lowest BCUT2D eigenvalue weighted by atomic mass is 9.99. The molecule has 1 unspecified atom stereocenters. The summed E-state index contributed by atoms with van der Waals surface area (Å²) in [7, 11) is 0. The van der Waals surface area contributed by atoms with Crippen molar-refractivity contribution >= 4 is 0 Å². The molecule has 8 nitrogen and oxygen atoms in total. The summed E-state index contributed by atoms with van der Waals surface area (Å²) in [5.41, 5.74) is 0. The van der Waals surface area contributed by atoms with Gasteiger partial charge in [-0.2, -0.15) is 0 Å². The summed E-state index contributed by atoms with van der Waals surface area (Å²) in [4.78, 5) is 0. The smallest absolute Gasteiger partial charge is 0.186 e. The van der Waals surface area contributed by atoms with Gasteiger partial charge in [0.15, 0.2) is 6.29 Å². The fraction of sp³-hybridized carbons (Fsp3) is 0.895. The van der Waals surface area contributed by atoms with Crippen LogP contribution in [-0.2, 0) is 9.47 Å². The highest BCUT2D eigenvalue weighted by atomic mass is 16.7. The first-order valence-electron chi connectivity index (χ1n) is 9.99. The van der Waals surface area contributed by atoms with Gasteiger partial charge >= 0.3 is 0 Å². The van der Waals surface area contributed by atoms with E-state index in [0.717, 1.165) is 12.8 Å². The molecule has 27 heavy (non-hydrogen) atoms. The Morgan fingerprint density at radius 3 is 2.44 bits per heavy atom. The second-order valence-electron chi connectivity index (χ2n) is 7.05. The van der Waals surface area contributed by atoms with Gasteiger partial charge in [0.05, 0.1) is 19.3 Å². The summed E-state index contributed by atoms with van der Waals surface area (Å²) >= 11 is 0. The third-order valence-corrected chi connectivity index (χ3v) is 4.61. The Balaban J connectivity index is 2.12. The van der Waals surface area contributed by atoms with Crippen LogP contribution in [-0.4, -0.2) is 82.1 Å². The highest BCUT2D eigenvalue weighted by Crippen LogP contribution is 2.21. The van der Waals surface area contributed by atoms with Crippen LogP contribution in [0.15, 0.2) is 12.3 Å². The standard InChI is InChI=1S/C19H37NO7/c1-2-3-4-5-6-7-8-9-10-20-11-14(22)13-26-19-18(25)17(24)16(23)15(12-21)27-19/h9-10,14-25H,2-8,11-13H2,1H3/t14?,15-,16+,17+,18-,19-/m1/s1. The summed E-state index contributed by atoms with van der Waals surface area (Å²) in [6, 6.07) is 0. The van der Waals surface area contributed by atoms with E-state index in [1.807, 2.05) is 12.3 Å². The molecule has 6 atom stereocenters. The molecule has 1 saturated heterocycles. The molecule has 6 N–H and O–H groups in total. The zero-order chi connectivity index (χ0) is 20.1. The molecule has 1 heterocycles. The van der Waals surface area contributed by atoms with Crippen molar-refractivity contribution in [1.82, 2.24) is 5.32 Å². The average Bonchev–Trinajstić information content (AvgIpc) is 2.67. The van der Waals surface area contributed by atoms with E-state index in [9.17, 15) is 20.4 Å². The summed E-state index contributed by atoms with van der Waals surface area (Å²) in [6.45, 7) is 1.83. The Hall–Kier alpha value is -0.740. The predicted octanol–water partition coefficient (Wildman–Crippen LogP) is 0.0177. The van der Waals surface area contributed by atoms with E-state index >= 15 is 0 Å². The predicted molar refractivity (Wildman–Crippen MR) is 101 cm³/mol. The Morgan fingerprint density at radius 1 is 1.04 bits per heavy atom. The van der Waals surface area contributed by atoms with Gasteiger partial charge in [0, 0.05) is 6.54 Å². The van der Waals surface area contributed by atoms with Crippen LogP contribution in [0.3, 0.4) is 0 Å². The van der Waals surface area contributed by atoms with Gasteiger partial charge in [-0.05, 0) is 19.0 Å². The van der Waals surface area contributed by atoms with E-state index in [2.05, 4.69) is 12.2 Å². The van der Waals surface area contributed by atoms with E-state index < -0.39 is 43.4 Å². The van der Waals surface area contributed by atoms with E-state index in [0.29, 0.717) is 0 Å². The number of hydrogen-bond donors (Lipinski definition) is 6. The van der Waals surface area contributed by atoms with Crippen LogP contribution >= 0.6 is 0 Å². The van der Waals surface area contributed by atoms with Gasteiger partial charge in [-0.1, -0.05) is 45.1 Å². The minimum Gasteiger partial charge on any atom is -0.394 e. The summed E-state index contributed by atoms with van der Waals surface area (Å²) in [6.07, 6.45) is 4.93. The van der Waals surface area contributed by atoms with Crippen LogP contribution in [0.2, 0.25) is 0 Å². The second-order valence-corrected chi connectivity index (χ2v) is 7.05. The van der Waals surface area contributed by atoms with Crippen LogP contribution < -0.4 is 5.32 Å². The molecular formula is C19H37NO7. The van der Waals surface area contributed by atoms with Crippen molar-refractivity contribution in [3.05, 3.63) is 12.3 Å². The minimum atomic E-state index is -1.49. The zero-order valence-electron chi connectivity index (χ0n) is 16.2. The van der Waals surface area contributed by atoms with Gasteiger partial charge in [0.2, 0.25) is 0 Å². The number of nitrogens with one attached hydrogen (secondary N) is 1. The maximum atomic E-state index is 9.91. The molecular weight excluding hydrogens is 354 g/mol. The van der Waals surface area contributed by atoms with E-state index in [1.165, 1.54) is 32.1 Å². The molecule has 1 fully saturated rings. The highest BCUT2D eigenvalue weighted by molar-refractivity contribution is 4.89. The Kier molecular flexibility index (Phi) is 12.9. The van der Waals surface area contributed by atoms with Crippen LogP contribution in [0, 0.1) is 0 Å². The number of allylic oxidation sites excluding steroid dienone is 1. The molecule has 0 aliphatic carbocycles. The van der Waals surface area contributed by atoms with Crippen molar-refractivity contribution in [1.29, 1.82) is 0 Å². The molecule has 0 saturated carbocycles. The quantitative estimate of drug-likeness (QED) is 0.228. The average molecular weight is 392 g/mol. The van der Waals surface area contributed by atoms with Crippen LogP contribution in [0.4, 0.5) is 0 Å². The molecule has 0 aromatic heterocycles. The molecule has 0 radical (unpaired) electrons. The Bertz CT molecular complexity index is 394. The van der Waals surface area contributed by atoms with Crippen LogP contribution in [0.1, 0.15) is 51.9 Å². The molecule has 160 valence electrons. The first-order chi connectivity index (χ1) is 13.0. The van der Waals surface area contributed by atoms with Gasteiger partial charge in [0.25, 0.3) is 0 Å². The van der Waals surface area contributed by atoms with Gasteiger partial charge < -0.3 is 40.3 Å². The normalized spacial score (nSPS) is 29.9. The van der Waals surface area contributed by atoms with Crippen LogP contribution in [0.25, 0.3) is 0 Å². The van der Waals surface area contributed by atoms with Crippen molar-refractivity contribution in [2.45, 2.75) is 88.7 Å². The number of aliphatic hydroxyl groups excluding tert-OH is 5. The molecule has 1 aliphatic heterocycles. The van der Waals surface area contributed by atoms with Gasteiger partial charge in [0.1, 0.15) is 24.4 Å². The Labute approximate surface area is 161 Å². The number of hydrogen-bond acceptors (Lipinski definition) is 8. The maximum Gasteiger partial charge on any atom is 0.186 e. The first-order valence-corrected chi connectivity index (χ1v) is 9.99. The molecule has 1 aliphatic rings. The van der Waals surface area contributed by atoms with Crippen molar-refractivity contribution in [2.75, 3.05) is 19.8 Å². The topological polar surface area (TPSA) is 132 Å². The fourth-order valence-electron chi connectivity index (χ4n) is 2.88. The van der Waals surface area contributed by atoms with Crippen molar-refractivity contribution in [2.24, 2.45) is 0 Å². The summed E-state index contributed by atoms with van der Waals surface area (Å²) in [5, 5.41) is 51.2. The lowest BCUT2D eigenvalue weighted by Crippen LogP contribution is -2.59. The van der Waals surface area contributed by atoms with E-state index in [1.54, 1.807) is 0 Å². The highest BCUT2D eigenvalue weighted by Gasteiger charge is 2.44. The number of rotatable bonds is 14. The van der Waals surface area contributed by atoms with E-state index in [-0.39, 0.29) is 13.2 Å². The third-order valence-electron chi connectivity index (χ3n) is 4.61. The van der Waals surface area contributed by atoms with Crippen LogP contribution in [0.5, 0.6) is 0 Å². The molecule has 0 aromatic carbocycles. The molecule has 8 heteroatoms. The zero-order valence-corrected chi connectivity index (χ0v) is 16.2. The molecule has 0 spiro atoms. The molecule has 1 rings (SSSR count). The fourth-order valence-corrected chi connectivity index (χ4v) is 2.88. The SMILES string of the molecule is CCCCCCCCC=CNCC(O)CO[C@@H]1O[C@H](CO)[C@H](O)[C@H](O)[C@H]1O. The second kappa shape index (κ2) is 14.3. The summed E-state index contributed by atoms with van der Waals surface area (Å²) < 4.78 is 10.5. The van der Waals surface area contributed by atoms with Gasteiger partial charge in [-0.3, -0.25) is 0 Å². The lowest BCUT2D eigenvalue weighted by molar-refractivity contribution is -0.304.